The number of nitrogens with one attached hydrogen (secondary N) is 2. The number of carboxylic acids is 1. The summed E-state index contributed by atoms with van der Waals surface area (Å²) >= 11 is 5.79. The molecule has 1 amide bonds. The minimum atomic E-state index is -1.17. The van der Waals surface area contributed by atoms with Gasteiger partial charge in [0.15, 0.2) is 0 Å². The Labute approximate surface area is 110 Å². The van der Waals surface area contributed by atoms with Crippen LogP contribution in [0, 0.1) is 0 Å². The summed E-state index contributed by atoms with van der Waals surface area (Å²) in [6.07, 6.45) is 0. The molecule has 6 heteroatoms. The molecule has 1 rings (SSSR count). The van der Waals surface area contributed by atoms with Crippen LogP contribution in [0.4, 0.5) is 5.69 Å². The molecule has 18 heavy (non-hydrogen) atoms. The summed E-state index contributed by atoms with van der Waals surface area (Å²) in [5.41, 5.74) is 0.0996. The molecular formula is C12H15ClN2O3. The Bertz CT molecular complexity index is 461. The molecular weight excluding hydrogens is 256 g/mol. The van der Waals surface area contributed by atoms with E-state index < -0.39 is 5.97 Å². The average Bonchev–Trinajstić information content (AvgIpc) is 2.26. The second-order valence-corrected chi connectivity index (χ2v) is 4.46. The molecule has 0 aliphatic rings. The minimum Gasteiger partial charge on any atom is -0.478 e. The summed E-state index contributed by atoms with van der Waals surface area (Å²) in [5, 5.41) is 14.6. The van der Waals surface area contributed by atoms with E-state index in [1.165, 1.54) is 12.1 Å². The molecule has 0 saturated carbocycles. The normalized spacial score (nSPS) is 10.4. The number of carbonyl (C=O) groups is 2. The van der Waals surface area contributed by atoms with Crippen molar-refractivity contribution >= 4 is 29.2 Å². The Morgan fingerprint density at radius 2 is 2.06 bits per heavy atom. The first-order chi connectivity index (χ1) is 8.41. The monoisotopic (exact) mass is 270 g/mol. The molecule has 0 atom stereocenters. The molecule has 1 aromatic rings. The molecule has 0 spiro atoms. The van der Waals surface area contributed by atoms with Gasteiger partial charge in [-0.3, -0.25) is 4.79 Å². The largest absolute Gasteiger partial charge is 0.478 e. The summed E-state index contributed by atoms with van der Waals surface area (Å²) in [6, 6.07) is 4.73. The molecule has 0 heterocycles. The zero-order valence-corrected chi connectivity index (χ0v) is 10.9. The van der Waals surface area contributed by atoms with Crippen LogP contribution in [0.25, 0.3) is 0 Å². The molecule has 0 unspecified atom stereocenters. The highest BCUT2D eigenvalue weighted by atomic mass is 35.5. The highest BCUT2D eigenvalue weighted by molar-refractivity contribution is 6.34. The van der Waals surface area contributed by atoms with Crippen molar-refractivity contribution in [1.82, 2.24) is 5.32 Å². The van der Waals surface area contributed by atoms with E-state index in [0.29, 0.717) is 0 Å². The van der Waals surface area contributed by atoms with Crippen molar-refractivity contribution in [3.8, 4) is 0 Å². The predicted molar refractivity (Wildman–Crippen MR) is 70.2 cm³/mol. The van der Waals surface area contributed by atoms with Crippen LogP contribution in [-0.2, 0) is 4.79 Å². The van der Waals surface area contributed by atoms with Gasteiger partial charge in [-0.1, -0.05) is 31.5 Å². The van der Waals surface area contributed by atoms with Crippen molar-refractivity contribution in [1.29, 1.82) is 0 Å². The molecule has 0 aliphatic carbocycles. The van der Waals surface area contributed by atoms with Gasteiger partial charge in [-0.05, 0) is 12.1 Å². The van der Waals surface area contributed by atoms with Gasteiger partial charge in [-0.2, -0.15) is 0 Å². The van der Waals surface area contributed by atoms with Gasteiger partial charge in [0.2, 0.25) is 5.91 Å². The highest BCUT2D eigenvalue weighted by Crippen LogP contribution is 2.24. The number of amides is 1. The van der Waals surface area contributed by atoms with Crippen LogP contribution in [0.5, 0.6) is 0 Å². The predicted octanol–water partition coefficient (Wildman–Crippen LogP) is 1.97. The molecule has 5 nitrogen and oxygen atoms in total. The van der Waals surface area contributed by atoms with E-state index in [0.717, 1.165) is 0 Å². The van der Waals surface area contributed by atoms with Crippen LogP contribution in [0.3, 0.4) is 0 Å². The number of benzene rings is 1. The lowest BCUT2D eigenvalue weighted by Crippen LogP contribution is -2.33. The van der Waals surface area contributed by atoms with Crippen LogP contribution in [-0.4, -0.2) is 29.6 Å². The highest BCUT2D eigenvalue weighted by Gasteiger charge is 2.15. The van der Waals surface area contributed by atoms with Gasteiger partial charge >= 0.3 is 5.97 Å². The maximum Gasteiger partial charge on any atom is 0.339 e. The summed E-state index contributed by atoms with van der Waals surface area (Å²) < 4.78 is 0. The Kier molecular flexibility index (Phi) is 5.12. The first-order valence-electron chi connectivity index (χ1n) is 5.47. The van der Waals surface area contributed by atoms with E-state index in [-0.39, 0.29) is 34.8 Å². The van der Waals surface area contributed by atoms with E-state index in [1.54, 1.807) is 6.07 Å². The van der Waals surface area contributed by atoms with E-state index in [1.807, 2.05) is 13.8 Å². The average molecular weight is 271 g/mol. The van der Waals surface area contributed by atoms with Crippen molar-refractivity contribution in [2.75, 3.05) is 11.9 Å². The zero-order valence-electron chi connectivity index (χ0n) is 10.2. The number of anilines is 1. The Morgan fingerprint density at radius 3 is 2.61 bits per heavy atom. The van der Waals surface area contributed by atoms with Gasteiger partial charge in [0.05, 0.1) is 17.3 Å². The number of rotatable bonds is 5. The standard InChI is InChI=1S/C12H15ClN2O3/c1-7(2)14-6-10(16)15-9-5-3-4-8(13)11(9)12(17)18/h3-5,7,14H,6H2,1-2H3,(H,15,16)(H,17,18). The van der Waals surface area contributed by atoms with Gasteiger partial charge < -0.3 is 15.7 Å². The van der Waals surface area contributed by atoms with E-state index >= 15 is 0 Å². The summed E-state index contributed by atoms with van der Waals surface area (Å²) in [4.78, 5) is 22.6. The number of hydrogen-bond acceptors (Lipinski definition) is 3. The number of halogens is 1. The minimum absolute atomic E-state index is 0.0946. The maximum absolute atomic E-state index is 11.6. The van der Waals surface area contributed by atoms with Crippen LogP contribution < -0.4 is 10.6 Å². The fraction of sp³-hybridized carbons (Fsp3) is 0.333. The molecule has 1 aromatic carbocycles. The molecule has 0 aliphatic heterocycles. The van der Waals surface area contributed by atoms with Crippen LogP contribution in [0.2, 0.25) is 5.02 Å². The van der Waals surface area contributed by atoms with Crippen molar-refractivity contribution < 1.29 is 14.7 Å². The molecule has 98 valence electrons. The third-order valence-corrected chi connectivity index (χ3v) is 2.49. The van der Waals surface area contributed by atoms with Crippen molar-refractivity contribution in [2.45, 2.75) is 19.9 Å². The number of aromatic carboxylic acids is 1. The van der Waals surface area contributed by atoms with Crippen LogP contribution >= 0.6 is 11.6 Å². The van der Waals surface area contributed by atoms with E-state index in [2.05, 4.69) is 10.6 Å². The summed E-state index contributed by atoms with van der Waals surface area (Å²) in [5.74, 6) is -1.49. The number of hydrogen-bond donors (Lipinski definition) is 3. The van der Waals surface area contributed by atoms with E-state index in [9.17, 15) is 9.59 Å². The second-order valence-electron chi connectivity index (χ2n) is 4.05. The molecule has 0 bridgehead atoms. The molecule has 0 saturated heterocycles. The smallest absolute Gasteiger partial charge is 0.339 e. The lowest BCUT2D eigenvalue weighted by Gasteiger charge is -2.11. The van der Waals surface area contributed by atoms with Gasteiger partial charge in [0.25, 0.3) is 0 Å². The topological polar surface area (TPSA) is 78.4 Å². The van der Waals surface area contributed by atoms with Crippen LogP contribution in [0.15, 0.2) is 18.2 Å². The van der Waals surface area contributed by atoms with Crippen molar-refractivity contribution in [3.05, 3.63) is 28.8 Å². The first-order valence-corrected chi connectivity index (χ1v) is 5.84. The first kappa shape index (κ1) is 14.5. The Balaban J connectivity index is 2.81. The zero-order chi connectivity index (χ0) is 13.7. The third-order valence-electron chi connectivity index (χ3n) is 2.17. The van der Waals surface area contributed by atoms with Crippen LogP contribution in [0.1, 0.15) is 24.2 Å². The van der Waals surface area contributed by atoms with E-state index in [4.69, 9.17) is 16.7 Å². The lowest BCUT2D eigenvalue weighted by molar-refractivity contribution is -0.115. The Morgan fingerprint density at radius 1 is 1.39 bits per heavy atom. The summed E-state index contributed by atoms with van der Waals surface area (Å²) in [7, 11) is 0. The quantitative estimate of drug-likeness (QED) is 0.764. The number of carboxylic acid groups (broad SMARTS) is 1. The van der Waals surface area contributed by atoms with Gasteiger partial charge in [-0.25, -0.2) is 4.79 Å². The molecule has 0 radical (unpaired) electrons. The van der Waals surface area contributed by atoms with Crippen molar-refractivity contribution in [3.63, 3.8) is 0 Å². The Hall–Kier alpha value is -1.59. The third kappa shape index (κ3) is 4.01. The lowest BCUT2D eigenvalue weighted by atomic mass is 10.1. The van der Waals surface area contributed by atoms with Crippen molar-refractivity contribution in [2.24, 2.45) is 0 Å². The fourth-order valence-corrected chi connectivity index (χ4v) is 1.59. The second kappa shape index (κ2) is 6.37. The summed E-state index contributed by atoms with van der Waals surface area (Å²) in [6.45, 7) is 3.94. The SMILES string of the molecule is CC(C)NCC(=O)Nc1cccc(Cl)c1C(=O)O. The molecule has 0 aromatic heterocycles. The molecule has 3 N–H and O–H groups in total. The fourth-order valence-electron chi connectivity index (χ4n) is 1.34. The van der Waals surface area contributed by atoms with Gasteiger partial charge in [0.1, 0.15) is 5.56 Å². The maximum atomic E-state index is 11.6. The number of carbonyl (C=O) groups excluding carboxylic acids is 1. The van der Waals surface area contributed by atoms with Gasteiger partial charge in [0, 0.05) is 6.04 Å². The van der Waals surface area contributed by atoms with Gasteiger partial charge in [-0.15, -0.1) is 0 Å². The molecule has 0 fully saturated rings.